The number of nitrogens with one attached hydrogen (secondary N) is 2. The van der Waals surface area contributed by atoms with Gasteiger partial charge in [0.25, 0.3) is 0 Å². The summed E-state index contributed by atoms with van der Waals surface area (Å²) in [5.74, 6) is 0. The first-order chi connectivity index (χ1) is 10.0. The van der Waals surface area contributed by atoms with Gasteiger partial charge in [0.2, 0.25) is 10.0 Å². The Morgan fingerprint density at radius 2 is 1.90 bits per heavy atom. The zero-order valence-electron chi connectivity index (χ0n) is 12.0. The highest BCUT2D eigenvalue weighted by molar-refractivity contribution is 7.89. The SMILES string of the molecule is CNCc1n[nH]c(C)c1S(=O)(=O)N1Cc2ccccc2C1. The highest BCUT2D eigenvalue weighted by Gasteiger charge is 2.34. The number of rotatable bonds is 4. The van der Waals surface area contributed by atoms with Gasteiger partial charge < -0.3 is 5.32 Å². The molecule has 0 spiro atoms. The summed E-state index contributed by atoms with van der Waals surface area (Å²) in [6.07, 6.45) is 0. The minimum absolute atomic E-state index is 0.296. The van der Waals surface area contributed by atoms with Crippen LogP contribution in [0.2, 0.25) is 0 Å². The minimum Gasteiger partial charge on any atom is -0.314 e. The number of fused-ring (bicyclic) bond motifs is 1. The van der Waals surface area contributed by atoms with Crippen molar-refractivity contribution < 1.29 is 8.42 Å². The van der Waals surface area contributed by atoms with E-state index in [4.69, 9.17) is 0 Å². The summed E-state index contributed by atoms with van der Waals surface area (Å²) in [6.45, 7) is 2.99. The largest absolute Gasteiger partial charge is 0.314 e. The highest BCUT2D eigenvalue weighted by atomic mass is 32.2. The third-order valence-electron chi connectivity index (χ3n) is 3.72. The van der Waals surface area contributed by atoms with Crippen molar-refractivity contribution in [3.05, 3.63) is 46.8 Å². The van der Waals surface area contributed by atoms with Crippen LogP contribution in [-0.2, 0) is 29.7 Å². The Bertz CT molecular complexity index is 742. The van der Waals surface area contributed by atoms with Crippen LogP contribution in [0.25, 0.3) is 0 Å². The normalized spacial score (nSPS) is 15.3. The van der Waals surface area contributed by atoms with E-state index >= 15 is 0 Å². The number of hydrogen-bond donors (Lipinski definition) is 2. The number of aryl methyl sites for hydroxylation is 1. The third kappa shape index (κ3) is 2.37. The van der Waals surface area contributed by atoms with Gasteiger partial charge in [0.15, 0.2) is 0 Å². The molecule has 0 saturated carbocycles. The standard InChI is InChI=1S/C14H18N4O2S/c1-10-14(13(7-15-2)17-16-10)21(19,20)18-8-11-5-3-4-6-12(11)9-18/h3-6,15H,7-9H2,1-2H3,(H,16,17). The molecule has 21 heavy (non-hydrogen) atoms. The summed E-state index contributed by atoms with van der Waals surface area (Å²) in [5.41, 5.74) is 3.25. The Morgan fingerprint density at radius 1 is 1.29 bits per heavy atom. The molecule has 7 heteroatoms. The van der Waals surface area contributed by atoms with Crippen LogP contribution in [0.5, 0.6) is 0 Å². The number of sulfonamides is 1. The van der Waals surface area contributed by atoms with Gasteiger partial charge in [0, 0.05) is 19.6 Å². The fraction of sp³-hybridized carbons (Fsp3) is 0.357. The second-order valence-electron chi connectivity index (χ2n) is 5.20. The van der Waals surface area contributed by atoms with Crippen LogP contribution < -0.4 is 5.32 Å². The van der Waals surface area contributed by atoms with Crippen molar-refractivity contribution >= 4 is 10.0 Å². The van der Waals surface area contributed by atoms with Crippen LogP contribution in [-0.4, -0.2) is 30.0 Å². The summed E-state index contributed by atoms with van der Waals surface area (Å²) in [7, 11) is -1.78. The predicted octanol–water partition coefficient (Wildman–Crippen LogP) is 1.14. The van der Waals surface area contributed by atoms with Crippen molar-refractivity contribution in [2.75, 3.05) is 7.05 Å². The van der Waals surface area contributed by atoms with Crippen molar-refractivity contribution in [2.45, 2.75) is 31.5 Å². The third-order valence-corrected chi connectivity index (χ3v) is 5.71. The molecule has 0 saturated heterocycles. The molecule has 6 nitrogen and oxygen atoms in total. The number of aromatic amines is 1. The van der Waals surface area contributed by atoms with Crippen LogP contribution in [0, 0.1) is 6.92 Å². The Labute approximate surface area is 124 Å². The maximum atomic E-state index is 12.9. The molecule has 2 heterocycles. The van der Waals surface area contributed by atoms with Crippen molar-refractivity contribution in [3.8, 4) is 0 Å². The van der Waals surface area contributed by atoms with Gasteiger partial charge in [-0.1, -0.05) is 24.3 Å². The lowest BCUT2D eigenvalue weighted by Crippen LogP contribution is -2.27. The lowest BCUT2D eigenvalue weighted by atomic mass is 10.1. The Hall–Kier alpha value is -1.70. The first-order valence-electron chi connectivity index (χ1n) is 6.79. The van der Waals surface area contributed by atoms with Gasteiger partial charge in [-0.3, -0.25) is 5.10 Å². The number of aromatic nitrogens is 2. The lowest BCUT2D eigenvalue weighted by Gasteiger charge is -2.16. The average molecular weight is 306 g/mol. The molecule has 0 amide bonds. The molecule has 0 bridgehead atoms. The molecular formula is C14H18N4O2S. The smallest absolute Gasteiger partial charge is 0.247 e. The highest BCUT2D eigenvalue weighted by Crippen LogP contribution is 2.30. The molecule has 1 aromatic heterocycles. The maximum absolute atomic E-state index is 12.9. The lowest BCUT2D eigenvalue weighted by molar-refractivity contribution is 0.430. The summed E-state index contributed by atoms with van der Waals surface area (Å²) < 4.78 is 27.3. The van der Waals surface area contributed by atoms with Gasteiger partial charge >= 0.3 is 0 Å². The molecule has 0 radical (unpaired) electrons. The topological polar surface area (TPSA) is 78.1 Å². The van der Waals surface area contributed by atoms with Crippen molar-refractivity contribution in [2.24, 2.45) is 0 Å². The number of nitrogens with zero attached hydrogens (tertiary/aromatic N) is 2. The van der Waals surface area contributed by atoms with Gasteiger partial charge in [-0.05, 0) is 25.1 Å². The van der Waals surface area contributed by atoms with Crippen LogP contribution in [0.1, 0.15) is 22.5 Å². The molecule has 1 aliphatic heterocycles. The Kier molecular flexibility index (Phi) is 3.56. The second kappa shape index (κ2) is 5.25. The molecule has 1 aliphatic rings. The van der Waals surface area contributed by atoms with Crippen LogP contribution in [0.4, 0.5) is 0 Å². The molecule has 0 aliphatic carbocycles. The van der Waals surface area contributed by atoms with E-state index in [2.05, 4.69) is 15.5 Å². The zero-order valence-corrected chi connectivity index (χ0v) is 12.9. The molecule has 1 aromatic carbocycles. The van der Waals surface area contributed by atoms with Crippen LogP contribution in [0.3, 0.4) is 0 Å². The van der Waals surface area contributed by atoms with Gasteiger partial charge in [-0.25, -0.2) is 8.42 Å². The molecular weight excluding hydrogens is 288 g/mol. The number of H-pyrrole nitrogens is 1. The Morgan fingerprint density at radius 3 is 2.48 bits per heavy atom. The summed E-state index contributed by atoms with van der Waals surface area (Å²) >= 11 is 0. The van der Waals surface area contributed by atoms with E-state index in [1.165, 1.54) is 4.31 Å². The van der Waals surface area contributed by atoms with Crippen LogP contribution in [0.15, 0.2) is 29.2 Å². The molecule has 3 rings (SSSR count). The number of hydrogen-bond acceptors (Lipinski definition) is 4. The van der Waals surface area contributed by atoms with Gasteiger partial charge in [-0.15, -0.1) is 0 Å². The van der Waals surface area contributed by atoms with E-state index in [0.29, 0.717) is 35.9 Å². The fourth-order valence-corrected chi connectivity index (χ4v) is 4.42. The van der Waals surface area contributed by atoms with E-state index < -0.39 is 10.0 Å². The first kappa shape index (κ1) is 14.2. The minimum atomic E-state index is -3.55. The molecule has 112 valence electrons. The summed E-state index contributed by atoms with van der Waals surface area (Å²) in [5, 5.41) is 9.83. The fourth-order valence-electron chi connectivity index (χ4n) is 2.70. The average Bonchev–Trinajstić information content (AvgIpc) is 3.03. The zero-order chi connectivity index (χ0) is 15.0. The van der Waals surface area contributed by atoms with Crippen molar-refractivity contribution in [1.29, 1.82) is 0 Å². The van der Waals surface area contributed by atoms with E-state index in [1.54, 1.807) is 14.0 Å². The predicted molar refractivity (Wildman–Crippen MR) is 79.0 cm³/mol. The van der Waals surface area contributed by atoms with E-state index in [1.807, 2.05) is 24.3 Å². The Balaban J connectivity index is 1.98. The van der Waals surface area contributed by atoms with Crippen molar-refractivity contribution in [3.63, 3.8) is 0 Å². The molecule has 2 N–H and O–H groups in total. The quantitative estimate of drug-likeness (QED) is 0.888. The molecule has 0 fully saturated rings. The molecule has 0 atom stereocenters. The van der Waals surface area contributed by atoms with Gasteiger partial charge in [0.05, 0.1) is 11.4 Å². The monoisotopic (exact) mass is 306 g/mol. The van der Waals surface area contributed by atoms with E-state index in [-0.39, 0.29) is 0 Å². The summed E-state index contributed by atoms with van der Waals surface area (Å²) in [6, 6.07) is 7.82. The maximum Gasteiger partial charge on any atom is 0.247 e. The van der Waals surface area contributed by atoms with Gasteiger partial charge in [-0.2, -0.15) is 9.40 Å². The van der Waals surface area contributed by atoms with E-state index in [9.17, 15) is 8.42 Å². The second-order valence-corrected chi connectivity index (χ2v) is 7.07. The summed E-state index contributed by atoms with van der Waals surface area (Å²) in [4.78, 5) is 0.296. The molecule has 2 aromatic rings. The van der Waals surface area contributed by atoms with Crippen LogP contribution >= 0.6 is 0 Å². The van der Waals surface area contributed by atoms with Gasteiger partial charge in [0.1, 0.15) is 4.90 Å². The number of benzene rings is 1. The molecule has 0 unspecified atom stereocenters. The van der Waals surface area contributed by atoms with E-state index in [0.717, 1.165) is 11.1 Å². The van der Waals surface area contributed by atoms with Crippen molar-refractivity contribution in [1.82, 2.24) is 19.8 Å². The first-order valence-corrected chi connectivity index (χ1v) is 8.23.